The van der Waals surface area contributed by atoms with Gasteiger partial charge in [-0.05, 0) is 31.6 Å². The Kier molecular flexibility index (Phi) is 7.80. The summed E-state index contributed by atoms with van der Waals surface area (Å²) in [6.07, 6.45) is 6.07. The summed E-state index contributed by atoms with van der Waals surface area (Å²) < 4.78 is 0. The maximum absolute atomic E-state index is 11.9. The second-order valence-electron chi connectivity index (χ2n) is 5.25. The van der Waals surface area contributed by atoms with Gasteiger partial charge in [0.05, 0.1) is 6.04 Å². The topological polar surface area (TPSA) is 55.1 Å². The van der Waals surface area contributed by atoms with E-state index in [-0.39, 0.29) is 36.3 Å². The summed E-state index contributed by atoms with van der Waals surface area (Å²) in [6, 6.07) is -0.0704. The van der Waals surface area contributed by atoms with E-state index in [1.165, 1.54) is 25.7 Å². The third kappa shape index (κ3) is 4.84. The van der Waals surface area contributed by atoms with Crippen LogP contribution in [0.5, 0.6) is 0 Å². The normalized spacial score (nSPS) is 21.4. The number of halogens is 1. The van der Waals surface area contributed by atoms with Crippen LogP contribution < -0.4 is 11.1 Å². The molecule has 1 aliphatic rings. The molecule has 1 saturated carbocycles. The predicted molar refractivity (Wildman–Crippen MR) is 74.2 cm³/mol. The maximum Gasteiger partial charge on any atom is 0.237 e. The molecule has 0 bridgehead atoms. The average molecular weight is 263 g/mol. The molecular formula is C13H27ClN2O. The molecule has 4 heteroatoms. The minimum Gasteiger partial charge on any atom is -0.352 e. The van der Waals surface area contributed by atoms with Gasteiger partial charge in [-0.25, -0.2) is 0 Å². The summed E-state index contributed by atoms with van der Waals surface area (Å²) in [4.78, 5) is 11.9. The minimum atomic E-state index is -0.353. The molecule has 0 saturated heterocycles. The molecule has 102 valence electrons. The first-order chi connectivity index (χ1) is 7.56. The van der Waals surface area contributed by atoms with Gasteiger partial charge in [0.15, 0.2) is 0 Å². The van der Waals surface area contributed by atoms with Crippen LogP contribution in [0.4, 0.5) is 0 Å². The molecule has 0 spiro atoms. The first-order valence-corrected chi connectivity index (χ1v) is 6.62. The van der Waals surface area contributed by atoms with E-state index in [4.69, 9.17) is 5.73 Å². The van der Waals surface area contributed by atoms with Crippen LogP contribution in [0, 0.1) is 11.8 Å². The smallest absolute Gasteiger partial charge is 0.237 e. The van der Waals surface area contributed by atoms with Crippen LogP contribution >= 0.6 is 12.4 Å². The molecule has 3 unspecified atom stereocenters. The molecular weight excluding hydrogens is 236 g/mol. The molecule has 0 heterocycles. The van der Waals surface area contributed by atoms with Crippen molar-refractivity contribution in [3.63, 3.8) is 0 Å². The fraction of sp³-hybridized carbons (Fsp3) is 0.923. The second kappa shape index (κ2) is 7.93. The van der Waals surface area contributed by atoms with Crippen molar-refractivity contribution < 1.29 is 4.79 Å². The highest BCUT2D eigenvalue weighted by Gasteiger charge is 2.26. The van der Waals surface area contributed by atoms with Gasteiger partial charge in [-0.15, -0.1) is 12.4 Å². The van der Waals surface area contributed by atoms with E-state index in [0.717, 1.165) is 6.42 Å². The van der Waals surface area contributed by atoms with Crippen molar-refractivity contribution in [3.05, 3.63) is 0 Å². The Labute approximate surface area is 111 Å². The minimum absolute atomic E-state index is 0. The largest absolute Gasteiger partial charge is 0.352 e. The standard InChI is InChI=1S/C13H26N2O.ClH/c1-4-9(2)12(14)13(16)15-10(3)11-7-5-6-8-11;/h9-12H,4-8,14H2,1-3H3,(H,15,16);1H. The van der Waals surface area contributed by atoms with Crippen molar-refractivity contribution in [1.29, 1.82) is 0 Å². The highest BCUT2D eigenvalue weighted by Crippen LogP contribution is 2.27. The van der Waals surface area contributed by atoms with Crippen LogP contribution in [0.1, 0.15) is 52.9 Å². The van der Waals surface area contributed by atoms with Gasteiger partial charge in [-0.3, -0.25) is 4.79 Å². The van der Waals surface area contributed by atoms with Gasteiger partial charge in [0.1, 0.15) is 0 Å². The van der Waals surface area contributed by atoms with Crippen LogP contribution in [-0.2, 0) is 4.79 Å². The fourth-order valence-electron chi connectivity index (χ4n) is 2.41. The van der Waals surface area contributed by atoms with Gasteiger partial charge >= 0.3 is 0 Å². The first-order valence-electron chi connectivity index (χ1n) is 6.62. The molecule has 1 fully saturated rings. The SMILES string of the molecule is CCC(C)C(N)C(=O)NC(C)C1CCCC1.Cl. The number of nitrogens with two attached hydrogens (primary N) is 1. The van der Waals surface area contributed by atoms with Crippen LogP contribution in [0.25, 0.3) is 0 Å². The molecule has 0 aromatic heterocycles. The summed E-state index contributed by atoms with van der Waals surface area (Å²) in [6.45, 7) is 6.21. The number of carbonyl (C=O) groups excluding carboxylic acids is 1. The maximum atomic E-state index is 11.9. The van der Waals surface area contributed by atoms with Crippen molar-refractivity contribution in [2.24, 2.45) is 17.6 Å². The van der Waals surface area contributed by atoms with Gasteiger partial charge in [-0.2, -0.15) is 0 Å². The summed E-state index contributed by atoms with van der Waals surface area (Å²) in [5.74, 6) is 0.942. The Bertz CT molecular complexity index is 229. The molecule has 3 nitrogen and oxygen atoms in total. The molecule has 0 aromatic rings. The Balaban J connectivity index is 0.00000256. The molecule has 3 N–H and O–H groups in total. The van der Waals surface area contributed by atoms with Gasteiger partial charge in [0, 0.05) is 6.04 Å². The molecule has 1 rings (SSSR count). The van der Waals surface area contributed by atoms with E-state index >= 15 is 0 Å². The predicted octanol–water partition coefficient (Wildman–Crippen LogP) is 2.48. The molecule has 1 amide bonds. The zero-order valence-electron chi connectivity index (χ0n) is 11.2. The first kappa shape index (κ1) is 16.7. The van der Waals surface area contributed by atoms with Crippen LogP contribution in [0.2, 0.25) is 0 Å². The number of hydrogen-bond donors (Lipinski definition) is 2. The Morgan fingerprint density at radius 2 is 1.88 bits per heavy atom. The van der Waals surface area contributed by atoms with Gasteiger partial charge in [0.25, 0.3) is 0 Å². The molecule has 17 heavy (non-hydrogen) atoms. The van der Waals surface area contributed by atoms with E-state index in [1.807, 2.05) is 6.92 Å². The third-order valence-electron chi connectivity index (χ3n) is 4.04. The van der Waals surface area contributed by atoms with Crippen molar-refractivity contribution in [2.45, 2.75) is 65.0 Å². The lowest BCUT2D eigenvalue weighted by Gasteiger charge is -2.24. The average Bonchev–Trinajstić information content (AvgIpc) is 2.80. The van der Waals surface area contributed by atoms with Gasteiger partial charge in [0.2, 0.25) is 5.91 Å². The molecule has 1 aliphatic carbocycles. The lowest BCUT2D eigenvalue weighted by molar-refractivity contribution is -0.124. The van der Waals surface area contributed by atoms with Crippen LogP contribution in [0.15, 0.2) is 0 Å². The van der Waals surface area contributed by atoms with E-state index in [0.29, 0.717) is 5.92 Å². The zero-order chi connectivity index (χ0) is 12.1. The number of rotatable bonds is 5. The Morgan fingerprint density at radius 3 is 2.35 bits per heavy atom. The summed E-state index contributed by atoms with van der Waals surface area (Å²) in [5, 5.41) is 3.07. The number of amides is 1. The summed E-state index contributed by atoms with van der Waals surface area (Å²) >= 11 is 0. The number of hydrogen-bond acceptors (Lipinski definition) is 2. The quantitative estimate of drug-likeness (QED) is 0.800. The second-order valence-corrected chi connectivity index (χ2v) is 5.25. The summed E-state index contributed by atoms with van der Waals surface area (Å²) in [5.41, 5.74) is 5.91. The van der Waals surface area contributed by atoms with Gasteiger partial charge < -0.3 is 11.1 Å². The van der Waals surface area contributed by atoms with Crippen molar-refractivity contribution in [1.82, 2.24) is 5.32 Å². The van der Waals surface area contributed by atoms with Crippen molar-refractivity contribution in [3.8, 4) is 0 Å². The third-order valence-corrected chi connectivity index (χ3v) is 4.04. The zero-order valence-corrected chi connectivity index (χ0v) is 12.1. The number of nitrogens with one attached hydrogen (secondary N) is 1. The van der Waals surface area contributed by atoms with E-state index in [9.17, 15) is 4.79 Å². The van der Waals surface area contributed by atoms with Crippen LogP contribution in [0.3, 0.4) is 0 Å². The highest BCUT2D eigenvalue weighted by atomic mass is 35.5. The molecule has 0 aromatic carbocycles. The van der Waals surface area contributed by atoms with E-state index in [1.54, 1.807) is 0 Å². The fourth-order valence-corrected chi connectivity index (χ4v) is 2.41. The van der Waals surface area contributed by atoms with Crippen molar-refractivity contribution >= 4 is 18.3 Å². The lowest BCUT2D eigenvalue weighted by atomic mass is 9.96. The Hall–Kier alpha value is -0.280. The summed E-state index contributed by atoms with van der Waals surface area (Å²) in [7, 11) is 0. The van der Waals surface area contributed by atoms with E-state index < -0.39 is 0 Å². The molecule has 0 aliphatic heterocycles. The number of carbonyl (C=O) groups is 1. The molecule has 0 radical (unpaired) electrons. The van der Waals surface area contributed by atoms with Crippen molar-refractivity contribution in [2.75, 3.05) is 0 Å². The lowest BCUT2D eigenvalue weighted by Crippen LogP contribution is -2.49. The van der Waals surface area contributed by atoms with E-state index in [2.05, 4.69) is 19.2 Å². The van der Waals surface area contributed by atoms with Crippen LogP contribution in [-0.4, -0.2) is 18.0 Å². The highest BCUT2D eigenvalue weighted by molar-refractivity contribution is 5.85. The monoisotopic (exact) mass is 262 g/mol. The Morgan fingerprint density at radius 1 is 1.35 bits per heavy atom. The molecule has 3 atom stereocenters. The van der Waals surface area contributed by atoms with Gasteiger partial charge in [-0.1, -0.05) is 33.1 Å².